The Morgan fingerprint density at radius 3 is 1.91 bits per heavy atom. The summed E-state index contributed by atoms with van der Waals surface area (Å²) in [6.45, 7) is 5.40. The van der Waals surface area contributed by atoms with Crippen LogP contribution in [0.25, 0.3) is 11.1 Å². The van der Waals surface area contributed by atoms with E-state index in [0.717, 1.165) is 22.3 Å². The lowest BCUT2D eigenvalue weighted by molar-refractivity contribution is -0.171. The first-order valence-electron chi connectivity index (χ1n) is 14.6. The Morgan fingerprint density at radius 2 is 1.36 bits per heavy atom. The summed E-state index contributed by atoms with van der Waals surface area (Å²) in [5, 5.41) is 2.97. The number of rotatable bonds is 11. The average Bonchev–Trinajstić information content (AvgIpc) is 3.45. The van der Waals surface area contributed by atoms with Gasteiger partial charge in [0.2, 0.25) is 0 Å². The monoisotopic (exact) mass is 630 g/mol. The number of fused-ring (bicyclic) bond motifs is 4. The molecule has 1 atom stereocenters. The highest BCUT2D eigenvalue weighted by molar-refractivity contribution is 7.99. The van der Waals surface area contributed by atoms with Crippen molar-refractivity contribution < 1.29 is 38.3 Å². The third-order valence-corrected chi connectivity index (χ3v) is 8.30. The van der Waals surface area contributed by atoms with E-state index in [0.29, 0.717) is 16.6 Å². The molecule has 2 aliphatic rings. The largest absolute Gasteiger partial charge is 0.460 e. The molecule has 3 amide bonds. The molecule has 45 heavy (non-hydrogen) atoms. The van der Waals surface area contributed by atoms with Gasteiger partial charge in [0.05, 0.1) is 17.5 Å². The van der Waals surface area contributed by atoms with Crippen molar-refractivity contribution in [3.05, 3.63) is 95.1 Å². The van der Waals surface area contributed by atoms with Gasteiger partial charge in [-0.2, -0.15) is 11.8 Å². The fourth-order valence-corrected chi connectivity index (χ4v) is 6.20. The van der Waals surface area contributed by atoms with Crippen LogP contribution in [0.3, 0.4) is 0 Å². The van der Waals surface area contributed by atoms with Crippen molar-refractivity contribution in [3.63, 3.8) is 0 Å². The van der Waals surface area contributed by atoms with E-state index in [1.807, 2.05) is 48.5 Å². The molecule has 0 saturated heterocycles. The zero-order valence-electron chi connectivity index (χ0n) is 25.2. The highest BCUT2D eigenvalue weighted by Gasteiger charge is 2.40. The molecule has 3 aromatic rings. The number of esters is 1. The van der Waals surface area contributed by atoms with Gasteiger partial charge in [-0.1, -0.05) is 65.7 Å². The van der Waals surface area contributed by atoms with Crippen LogP contribution in [0.5, 0.6) is 0 Å². The Balaban J connectivity index is 1.22. The molecule has 0 aromatic heterocycles. The van der Waals surface area contributed by atoms with Crippen LogP contribution in [0.4, 0.5) is 4.79 Å². The average molecular weight is 631 g/mol. The van der Waals surface area contributed by atoms with Crippen molar-refractivity contribution in [2.45, 2.75) is 51.2 Å². The summed E-state index contributed by atoms with van der Waals surface area (Å²) in [4.78, 5) is 69.1. The fourth-order valence-electron chi connectivity index (χ4n) is 5.29. The van der Waals surface area contributed by atoms with Crippen LogP contribution < -0.4 is 5.32 Å². The van der Waals surface area contributed by atoms with E-state index in [-0.39, 0.29) is 42.5 Å². The van der Waals surface area contributed by atoms with Crippen LogP contribution in [0.1, 0.15) is 71.4 Å². The SMILES string of the molecule is CC(C)(C)OC(=O)CCSCC[C@H](NC(=O)OCC1c2ccccc2-c2ccccc21)C(=O)ON1C(=O)c2ccccc2C1=O. The number of hydrogen-bond donors (Lipinski definition) is 1. The summed E-state index contributed by atoms with van der Waals surface area (Å²) in [5.74, 6) is -2.27. The minimum Gasteiger partial charge on any atom is -0.460 e. The molecule has 1 N–H and O–H groups in total. The topological polar surface area (TPSA) is 128 Å². The standard InChI is InChI=1S/C34H34N2O8S/c1-34(2,3)43-29(37)17-19-45-18-16-28(32(40)44-36-30(38)25-14-8-9-15-26(25)31(36)39)35-33(41)42-20-27-23-12-6-4-10-21(23)22-11-5-7-13-24(22)27/h4-15,27-28H,16-20H2,1-3H3,(H,35,41)/t28-/m0/s1. The van der Waals surface area contributed by atoms with E-state index in [1.54, 1.807) is 32.9 Å². The summed E-state index contributed by atoms with van der Waals surface area (Å²) in [6.07, 6.45) is -0.586. The first kappa shape index (κ1) is 31.8. The molecular formula is C34H34N2O8S. The Hall–Kier alpha value is -4.64. The number of hydroxylamine groups is 2. The molecule has 0 bridgehead atoms. The first-order valence-corrected chi connectivity index (χ1v) is 15.8. The minimum absolute atomic E-state index is 0.0324. The van der Waals surface area contributed by atoms with E-state index in [1.165, 1.54) is 23.9 Å². The van der Waals surface area contributed by atoms with Crippen molar-refractivity contribution in [1.82, 2.24) is 10.4 Å². The summed E-state index contributed by atoms with van der Waals surface area (Å²) in [6, 6.07) is 20.7. The second kappa shape index (κ2) is 13.6. The van der Waals surface area contributed by atoms with Crippen LogP contribution >= 0.6 is 11.8 Å². The van der Waals surface area contributed by atoms with Gasteiger partial charge < -0.3 is 19.6 Å². The number of carbonyl (C=O) groups is 5. The van der Waals surface area contributed by atoms with Crippen LogP contribution in [0.15, 0.2) is 72.8 Å². The molecular weight excluding hydrogens is 596 g/mol. The molecule has 11 heteroatoms. The third-order valence-electron chi connectivity index (χ3n) is 7.28. The summed E-state index contributed by atoms with van der Waals surface area (Å²) >= 11 is 1.38. The molecule has 1 aliphatic heterocycles. The van der Waals surface area contributed by atoms with Crippen LogP contribution in [-0.2, 0) is 23.9 Å². The normalized spacial score (nSPS) is 14.3. The van der Waals surface area contributed by atoms with Crippen molar-refractivity contribution in [3.8, 4) is 11.1 Å². The van der Waals surface area contributed by atoms with Gasteiger partial charge in [-0.3, -0.25) is 14.4 Å². The van der Waals surface area contributed by atoms with Gasteiger partial charge >= 0.3 is 18.0 Å². The van der Waals surface area contributed by atoms with Crippen molar-refractivity contribution >= 4 is 41.6 Å². The van der Waals surface area contributed by atoms with E-state index >= 15 is 0 Å². The maximum atomic E-state index is 13.3. The molecule has 5 rings (SSSR count). The lowest BCUT2D eigenvalue weighted by Crippen LogP contribution is -2.46. The third kappa shape index (κ3) is 7.37. The van der Waals surface area contributed by atoms with Gasteiger partial charge in [-0.25, -0.2) is 9.59 Å². The van der Waals surface area contributed by atoms with Gasteiger partial charge in [0.1, 0.15) is 18.2 Å². The Bertz CT molecular complexity index is 1550. The summed E-state index contributed by atoms with van der Waals surface area (Å²) in [5.41, 5.74) is 3.88. The van der Waals surface area contributed by atoms with Gasteiger partial charge in [0.15, 0.2) is 0 Å². The zero-order valence-corrected chi connectivity index (χ0v) is 26.1. The Kier molecular flexibility index (Phi) is 9.57. The number of amides is 3. The first-order chi connectivity index (χ1) is 21.5. The minimum atomic E-state index is -1.24. The predicted octanol–water partition coefficient (Wildman–Crippen LogP) is 5.50. The van der Waals surface area contributed by atoms with Crippen LogP contribution in [0.2, 0.25) is 0 Å². The molecule has 10 nitrogen and oxygen atoms in total. The van der Waals surface area contributed by atoms with E-state index in [2.05, 4.69) is 5.32 Å². The van der Waals surface area contributed by atoms with Crippen LogP contribution in [-0.4, -0.2) is 64.7 Å². The number of imide groups is 1. The quantitative estimate of drug-likeness (QED) is 0.166. The van der Waals surface area contributed by atoms with E-state index < -0.39 is 35.5 Å². The molecule has 0 fully saturated rings. The smallest absolute Gasteiger partial charge is 0.407 e. The van der Waals surface area contributed by atoms with Crippen molar-refractivity contribution in [2.24, 2.45) is 0 Å². The molecule has 0 radical (unpaired) electrons. The molecule has 1 aliphatic carbocycles. The molecule has 1 heterocycles. The van der Waals surface area contributed by atoms with E-state index in [4.69, 9.17) is 14.3 Å². The second-order valence-corrected chi connectivity index (χ2v) is 12.8. The molecule has 3 aromatic carbocycles. The number of carbonyl (C=O) groups excluding carboxylic acids is 5. The lowest BCUT2D eigenvalue weighted by Gasteiger charge is -2.21. The highest BCUT2D eigenvalue weighted by Crippen LogP contribution is 2.44. The van der Waals surface area contributed by atoms with Crippen molar-refractivity contribution in [1.29, 1.82) is 0 Å². The number of alkyl carbamates (subject to hydrolysis) is 1. The van der Waals surface area contributed by atoms with Gasteiger partial charge in [-0.05, 0) is 67.3 Å². The molecule has 0 saturated carbocycles. The number of hydrogen-bond acceptors (Lipinski definition) is 9. The summed E-state index contributed by atoms with van der Waals surface area (Å²) in [7, 11) is 0. The van der Waals surface area contributed by atoms with Crippen molar-refractivity contribution in [2.75, 3.05) is 18.1 Å². The number of benzene rings is 3. The number of nitrogens with zero attached hydrogens (tertiary/aromatic N) is 1. The Morgan fingerprint density at radius 1 is 0.822 bits per heavy atom. The number of nitrogens with one attached hydrogen (secondary N) is 1. The Labute approximate surface area is 265 Å². The predicted molar refractivity (Wildman–Crippen MR) is 167 cm³/mol. The number of ether oxygens (including phenoxy) is 2. The lowest BCUT2D eigenvalue weighted by atomic mass is 9.98. The zero-order chi connectivity index (χ0) is 32.1. The molecule has 0 unspecified atom stereocenters. The van der Waals surface area contributed by atoms with Gasteiger partial charge in [0.25, 0.3) is 11.8 Å². The molecule has 234 valence electrons. The fraction of sp³-hybridized carbons (Fsp3) is 0.324. The second-order valence-electron chi connectivity index (χ2n) is 11.6. The van der Waals surface area contributed by atoms with E-state index in [9.17, 15) is 24.0 Å². The maximum Gasteiger partial charge on any atom is 0.407 e. The van der Waals surface area contributed by atoms with Crippen LogP contribution in [0, 0.1) is 0 Å². The highest BCUT2D eigenvalue weighted by atomic mass is 32.2. The number of thioether (sulfide) groups is 1. The summed E-state index contributed by atoms with van der Waals surface area (Å²) < 4.78 is 10.9. The maximum absolute atomic E-state index is 13.3. The van der Waals surface area contributed by atoms with Gasteiger partial charge in [-0.15, -0.1) is 0 Å². The molecule has 0 spiro atoms. The van der Waals surface area contributed by atoms with Gasteiger partial charge in [0, 0.05) is 11.7 Å².